The van der Waals surface area contributed by atoms with E-state index in [-0.39, 0.29) is 17.4 Å². The van der Waals surface area contributed by atoms with E-state index >= 15 is 0 Å². The maximum absolute atomic E-state index is 12.0. The Hall–Kier alpha value is -2.08. The summed E-state index contributed by atoms with van der Waals surface area (Å²) in [7, 11) is 1.44. The number of carbonyl (C=O) groups excluding carboxylic acids is 1. The number of nitrogens with one attached hydrogen (secondary N) is 1. The van der Waals surface area contributed by atoms with Gasteiger partial charge in [0.2, 0.25) is 5.91 Å². The summed E-state index contributed by atoms with van der Waals surface area (Å²) in [5.74, 6) is -1.02. The van der Waals surface area contributed by atoms with Crippen LogP contribution in [0.5, 0.6) is 5.75 Å². The first kappa shape index (κ1) is 16.0. The second kappa shape index (κ2) is 6.91. The van der Waals surface area contributed by atoms with Crippen molar-refractivity contribution in [2.45, 2.75) is 26.3 Å². The van der Waals surface area contributed by atoms with Crippen molar-refractivity contribution in [2.24, 2.45) is 11.7 Å². The van der Waals surface area contributed by atoms with Crippen molar-refractivity contribution >= 4 is 17.6 Å². The van der Waals surface area contributed by atoms with Crippen LogP contribution in [0, 0.1) is 5.92 Å². The number of ether oxygens (including phenoxy) is 1. The number of rotatable bonds is 6. The summed E-state index contributed by atoms with van der Waals surface area (Å²) < 4.78 is 5.10. The molecule has 0 radical (unpaired) electrons. The third-order valence-corrected chi connectivity index (χ3v) is 3.26. The lowest BCUT2D eigenvalue weighted by atomic mass is 9.99. The molecule has 6 heteroatoms. The van der Waals surface area contributed by atoms with Gasteiger partial charge < -0.3 is 20.9 Å². The van der Waals surface area contributed by atoms with Crippen molar-refractivity contribution in [1.82, 2.24) is 0 Å². The SMILES string of the molecule is CCC(C)[C@H](N)C(=O)Nc1cc(C(=O)O)ccc1OC. The van der Waals surface area contributed by atoms with E-state index in [0.717, 1.165) is 6.42 Å². The molecule has 2 atom stereocenters. The molecule has 0 aliphatic carbocycles. The van der Waals surface area contributed by atoms with E-state index in [4.69, 9.17) is 15.6 Å². The first-order chi connectivity index (χ1) is 9.40. The van der Waals surface area contributed by atoms with Gasteiger partial charge in [0, 0.05) is 0 Å². The Morgan fingerprint density at radius 1 is 1.45 bits per heavy atom. The van der Waals surface area contributed by atoms with Crippen molar-refractivity contribution in [1.29, 1.82) is 0 Å². The Labute approximate surface area is 117 Å². The van der Waals surface area contributed by atoms with Crippen LogP contribution < -0.4 is 15.8 Å². The van der Waals surface area contributed by atoms with Crippen LogP contribution in [0.2, 0.25) is 0 Å². The van der Waals surface area contributed by atoms with E-state index in [0.29, 0.717) is 11.4 Å². The Morgan fingerprint density at radius 2 is 2.10 bits per heavy atom. The molecule has 6 nitrogen and oxygen atoms in total. The average Bonchev–Trinajstić information content (AvgIpc) is 2.45. The Bertz CT molecular complexity index is 502. The normalized spacial score (nSPS) is 13.4. The molecule has 1 amide bonds. The van der Waals surface area contributed by atoms with Gasteiger partial charge in [-0.2, -0.15) is 0 Å². The molecule has 0 spiro atoms. The minimum atomic E-state index is -1.07. The zero-order valence-electron chi connectivity index (χ0n) is 11.8. The number of carboxylic acid groups (broad SMARTS) is 1. The summed E-state index contributed by atoms with van der Waals surface area (Å²) in [6.07, 6.45) is 0.779. The molecule has 0 aliphatic rings. The van der Waals surface area contributed by atoms with Gasteiger partial charge in [0.1, 0.15) is 5.75 Å². The summed E-state index contributed by atoms with van der Waals surface area (Å²) in [4.78, 5) is 23.0. The lowest BCUT2D eigenvalue weighted by Gasteiger charge is -2.19. The lowest BCUT2D eigenvalue weighted by molar-refractivity contribution is -0.118. The van der Waals surface area contributed by atoms with Crippen LogP contribution in [0.1, 0.15) is 30.6 Å². The molecule has 0 fully saturated rings. The van der Waals surface area contributed by atoms with Gasteiger partial charge in [-0.3, -0.25) is 4.79 Å². The van der Waals surface area contributed by atoms with Crippen LogP contribution in [0.15, 0.2) is 18.2 Å². The molecule has 0 aromatic heterocycles. The topological polar surface area (TPSA) is 102 Å². The third kappa shape index (κ3) is 3.71. The molecule has 0 saturated carbocycles. The van der Waals surface area contributed by atoms with Crippen molar-refractivity contribution in [3.8, 4) is 5.75 Å². The molecule has 1 unspecified atom stereocenters. The van der Waals surface area contributed by atoms with Gasteiger partial charge in [-0.05, 0) is 24.1 Å². The number of amides is 1. The first-order valence-corrected chi connectivity index (χ1v) is 6.38. The second-order valence-corrected chi connectivity index (χ2v) is 4.62. The number of benzene rings is 1. The molecule has 1 rings (SSSR count). The summed E-state index contributed by atoms with van der Waals surface area (Å²) in [5, 5.41) is 11.6. The van der Waals surface area contributed by atoms with E-state index < -0.39 is 12.0 Å². The van der Waals surface area contributed by atoms with Gasteiger partial charge in [0.25, 0.3) is 0 Å². The number of hydrogen-bond acceptors (Lipinski definition) is 4. The highest BCUT2D eigenvalue weighted by atomic mass is 16.5. The smallest absolute Gasteiger partial charge is 0.335 e. The van der Waals surface area contributed by atoms with Crippen molar-refractivity contribution in [3.63, 3.8) is 0 Å². The van der Waals surface area contributed by atoms with Crippen molar-refractivity contribution < 1.29 is 19.4 Å². The molecular formula is C14H20N2O4. The zero-order valence-corrected chi connectivity index (χ0v) is 11.8. The van der Waals surface area contributed by atoms with Gasteiger partial charge in [0.05, 0.1) is 24.4 Å². The standard InChI is InChI=1S/C14H20N2O4/c1-4-8(2)12(15)13(17)16-10-7-9(14(18)19)5-6-11(10)20-3/h5-8,12H,4,15H2,1-3H3,(H,16,17)(H,18,19)/t8?,12-/m0/s1. The van der Waals surface area contributed by atoms with Crippen LogP contribution in [0.4, 0.5) is 5.69 Å². The lowest BCUT2D eigenvalue weighted by Crippen LogP contribution is -2.40. The number of aromatic carboxylic acids is 1. The van der Waals surface area contributed by atoms with E-state index in [1.807, 2.05) is 13.8 Å². The predicted molar refractivity (Wildman–Crippen MR) is 76.0 cm³/mol. The van der Waals surface area contributed by atoms with Gasteiger partial charge in [0.15, 0.2) is 0 Å². The number of nitrogens with two attached hydrogens (primary N) is 1. The average molecular weight is 280 g/mol. The minimum absolute atomic E-state index is 0.0312. The van der Waals surface area contributed by atoms with E-state index in [1.54, 1.807) is 0 Å². The van der Waals surface area contributed by atoms with Crippen LogP contribution in [-0.2, 0) is 4.79 Å². The maximum Gasteiger partial charge on any atom is 0.335 e. The van der Waals surface area contributed by atoms with E-state index in [2.05, 4.69) is 5.32 Å². The monoisotopic (exact) mass is 280 g/mol. The predicted octanol–water partition coefficient (Wildman–Crippen LogP) is 1.71. The van der Waals surface area contributed by atoms with E-state index in [1.165, 1.54) is 25.3 Å². The quantitative estimate of drug-likeness (QED) is 0.736. The summed E-state index contributed by atoms with van der Waals surface area (Å²) >= 11 is 0. The number of anilines is 1. The maximum atomic E-state index is 12.0. The molecule has 20 heavy (non-hydrogen) atoms. The van der Waals surface area contributed by atoms with Gasteiger partial charge in [-0.25, -0.2) is 4.79 Å². The number of carbonyl (C=O) groups is 2. The van der Waals surface area contributed by atoms with Crippen LogP contribution in [-0.4, -0.2) is 30.1 Å². The zero-order chi connectivity index (χ0) is 15.3. The summed E-state index contributed by atoms with van der Waals surface area (Å²) in [6.45, 7) is 3.83. The highest BCUT2D eigenvalue weighted by molar-refractivity contribution is 5.98. The largest absolute Gasteiger partial charge is 0.495 e. The molecule has 110 valence electrons. The van der Waals surface area contributed by atoms with Crippen LogP contribution >= 0.6 is 0 Å². The van der Waals surface area contributed by atoms with Crippen LogP contribution in [0.25, 0.3) is 0 Å². The van der Waals surface area contributed by atoms with Gasteiger partial charge in [-0.1, -0.05) is 20.3 Å². The fourth-order valence-corrected chi connectivity index (χ4v) is 1.67. The first-order valence-electron chi connectivity index (χ1n) is 6.38. The highest BCUT2D eigenvalue weighted by Crippen LogP contribution is 2.26. The minimum Gasteiger partial charge on any atom is -0.495 e. The Balaban J connectivity index is 2.98. The third-order valence-electron chi connectivity index (χ3n) is 3.26. The number of methoxy groups -OCH3 is 1. The molecule has 1 aromatic carbocycles. The van der Waals surface area contributed by atoms with Crippen LogP contribution in [0.3, 0.4) is 0 Å². The number of hydrogen-bond donors (Lipinski definition) is 3. The Morgan fingerprint density at radius 3 is 2.60 bits per heavy atom. The van der Waals surface area contributed by atoms with E-state index in [9.17, 15) is 9.59 Å². The summed E-state index contributed by atoms with van der Waals surface area (Å²) in [5.41, 5.74) is 6.21. The van der Waals surface area contributed by atoms with Crippen molar-refractivity contribution in [2.75, 3.05) is 12.4 Å². The molecule has 4 N–H and O–H groups in total. The molecule has 1 aromatic rings. The fraction of sp³-hybridized carbons (Fsp3) is 0.429. The molecule has 0 heterocycles. The summed E-state index contributed by atoms with van der Waals surface area (Å²) in [6, 6.07) is 3.60. The van der Waals surface area contributed by atoms with Gasteiger partial charge in [-0.15, -0.1) is 0 Å². The molecular weight excluding hydrogens is 260 g/mol. The Kier molecular flexibility index (Phi) is 5.52. The number of carboxylic acids is 1. The molecule has 0 bridgehead atoms. The second-order valence-electron chi connectivity index (χ2n) is 4.62. The molecule has 0 aliphatic heterocycles. The van der Waals surface area contributed by atoms with Crippen molar-refractivity contribution in [3.05, 3.63) is 23.8 Å². The fourth-order valence-electron chi connectivity index (χ4n) is 1.67. The highest BCUT2D eigenvalue weighted by Gasteiger charge is 2.21. The van der Waals surface area contributed by atoms with Gasteiger partial charge >= 0.3 is 5.97 Å². The molecule has 0 saturated heterocycles.